The third-order valence-corrected chi connectivity index (χ3v) is 5.54. The van der Waals surface area contributed by atoms with Gasteiger partial charge >= 0.3 is 0 Å². The van der Waals surface area contributed by atoms with E-state index >= 15 is 0 Å². The number of hydrogen-bond acceptors (Lipinski definition) is 4. The Bertz CT molecular complexity index is 1230. The number of aliphatic hydroxyl groups is 1. The molecule has 4 rings (SSSR count). The minimum Gasteiger partial charge on any atom is -0.507 e. The molecular weight excluding hydrogens is 426 g/mol. The number of amides is 1. The predicted octanol–water partition coefficient (Wildman–Crippen LogP) is 5.67. The SMILES string of the molecule is CCOc1cccc(/C(O)=C2\C(=O)C(=O)N(c3cccc(Cl)c3)C2c2cccc(C)c2)c1. The van der Waals surface area contributed by atoms with Gasteiger partial charge in [0, 0.05) is 16.3 Å². The molecule has 0 radical (unpaired) electrons. The largest absolute Gasteiger partial charge is 0.507 e. The molecular formula is C26H22ClNO4. The lowest BCUT2D eigenvalue weighted by molar-refractivity contribution is -0.132. The molecule has 0 saturated carbocycles. The standard InChI is InChI=1S/C26H22ClNO4/c1-3-32-21-12-5-9-18(14-21)24(29)22-23(17-8-4-7-16(2)13-17)28(26(31)25(22)30)20-11-6-10-19(27)15-20/h4-15,23,29H,3H2,1-2H3/b24-22+. The van der Waals surface area contributed by atoms with Crippen molar-refractivity contribution in [3.8, 4) is 5.75 Å². The lowest BCUT2D eigenvalue weighted by Gasteiger charge is -2.26. The van der Waals surface area contributed by atoms with E-state index in [9.17, 15) is 14.7 Å². The van der Waals surface area contributed by atoms with Crippen molar-refractivity contribution in [3.63, 3.8) is 0 Å². The van der Waals surface area contributed by atoms with Gasteiger partial charge < -0.3 is 9.84 Å². The van der Waals surface area contributed by atoms with Gasteiger partial charge in [0.2, 0.25) is 0 Å². The first kappa shape index (κ1) is 21.7. The zero-order valence-electron chi connectivity index (χ0n) is 17.7. The van der Waals surface area contributed by atoms with Crippen molar-refractivity contribution in [1.29, 1.82) is 0 Å². The molecule has 32 heavy (non-hydrogen) atoms. The number of carbonyl (C=O) groups excluding carboxylic acids is 2. The lowest BCUT2D eigenvalue weighted by atomic mass is 9.94. The molecule has 1 atom stereocenters. The summed E-state index contributed by atoms with van der Waals surface area (Å²) in [4.78, 5) is 27.7. The molecule has 1 amide bonds. The average Bonchev–Trinajstić information content (AvgIpc) is 3.04. The molecule has 1 saturated heterocycles. The number of benzene rings is 3. The van der Waals surface area contributed by atoms with Crippen LogP contribution >= 0.6 is 11.6 Å². The van der Waals surface area contributed by atoms with Gasteiger partial charge in [0.05, 0.1) is 18.2 Å². The summed E-state index contributed by atoms with van der Waals surface area (Å²) >= 11 is 6.17. The molecule has 1 aliphatic heterocycles. The van der Waals surface area contributed by atoms with Gasteiger partial charge in [-0.15, -0.1) is 0 Å². The van der Waals surface area contributed by atoms with Crippen molar-refractivity contribution in [2.45, 2.75) is 19.9 Å². The summed E-state index contributed by atoms with van der Waals surface area (Å²) in [6, 6.07) is 20.3. The third kappa shape index (κ3) is 3.99. The second-order valence-corrected chi connectivity index (χ2v) is 7.96. The van der Waals surface area contributed by atoms with Crippen molar-refractivity contribution in [2.24, 2.45) is 0 Å². The Labute approximate surface area is 191 Å². The number of rotatable bonds is 5. The summed E-state index contributed by atoms with van der Waals surface area (Å²) in [5, 5.41) is 11.7. The molecule has 0 aliphatic carbocycles. The van der Waals surface area contributed by atoms with Crippen molar-refractivity contribution in [2.75, 3.05) is 11.5 Å². The van der Waals surface area contributed by atoms with Crippen LogP contribution in [0.2, 0.25) is 5.02 Å². The summed E-state index contributed by atoms with van der Waals surface area (Å²) in [6.45, 7) is 4.26. The van der Waals surface area contributed by atoms with E-state index in [4.69, 9.17) is 16.3 Å². The van der Waals surface area contributed by atoms with Gasteiger partial charge in [-0.25, -0.2) is 0 Å². The molecule has 0 bridgehead atoms. The van der Waals surface area contributed by atoms with Gasteiger partial charge in [-0.3, -0.25) is 14.5 Å². The van der Waals surface area contributed by atoms with E-state index in [-0.39, 0.29) is 11.3 Å². The van der Waals surface area contributed by atoms with E-state index in [0.717, 1.165) is 5.56 Å². The second kappa shape index (κ2) is 8.89. The normalized spacial score (nSPS) is 17.6. The first-order chi connectivity index (χ1) is 15.4. The summed E-state index contributed by atoms with van der Waals surface area (Å²) < 4.78 is 5.53. The van der Waals surface area contributed by atoms with Crippen LogP contribution in [0.3, 0.4) is 0 Å². The lowest BCUT2D eigenvalue weighted by Crippen LogP contribution is -2.29. The number of Topliss-reactive ketones (excluding diaryl/α,β-unsaturated/α-hetero) is 1. The molecule has 3 aromatic rings. The Morgan fingerprint density at radius 2 is 1.78 bits per heavy atom. The molecule has 1 N–H and O–H groups in total. The molecule has 1 fully saturated rings. The number of anilines is 1. The fourth-order valence-electron chi connectivity index (χ4n) is 3.94. The number of ether oxygens (including phenoxy) is 1. The van der Waals surface area contributed by atoms with Gasteiger partial charge in [0.1, 0.15) is 11.5 Å². The minimum atomic E-state index is -0.802. The maximum Gasteiger partial charge on any atom is 0.300 e. The summed E-state index contributed by atoms with van der Waals surface area (Å²) in [5.74, 6) is -1.16. The number of aliphatic hydroxyl groups excluding tert-OH is 1. The highest BCUT2D eigenvalue weighted by Gasteiger charge is 2.47. The van der Waals surface area contributed by atoms with E-state index in [2.05, 4.69) is 0 Å². The molecule has 5 nitrogen and oxygen atoms in total. The topological polar surface area (TPSA) is 66.8 Å². The molecule has 6 heteroatoms. The van der Waals surface area contributed by atoms with Crippen LogP contribution in [0.25, 0.3) is 5.76 Å². The van der Waals surface area contributed by atoms with Crippen molar-refractivity contribution < 1.29 is 19.4 Å². The number of ketones is 1. The first-order valence-electron chi connectivity index (χ1n) is 10.3. The average molecular weight is 448 g/mol. The first-order valence-corrected chi connectivity index (χ1v) is 10.6. The summed E-state index contributed by atoms with van der Waals surface area (Å²) in [7, 11) is 0. The summed E-state index contributed by atoms with van der Waals surface area (Å²) in [5.41, 5.74) is 2.59. The highest BCUT2D eigenvalue weighted by molar-refractivity contribution is 6.51. The molecule has 1 heterocycles. The maximum absolute atomic E-state index is 13.2. The van der Waals surface area contributed by atoms with E-state index < -0.39 is 17.7 Å². The van der Waals surface area contributed by atoms with E-state index in [1.54, 1.807) is 48.5 Å². The zero-order chi connectivity index (χ0) is 22.8. The van der Waals surface area contributed by atoms with E-state index in [1.807, 2.05) is 38.1 Å². The Hall–Kier alpha value is -3.57. The van der Waals surface area contributed by atoms with Crippen molar-refractivity contribution in [3.05, 3.63) is 100 Å². The van der Waals surface area contributed by atoms with Crippen LogP contribution in [0.4, 0.5) is 5.69 Å². The Morgan fingerprint density at radius 3 is 2.50 bits per heavy atom. The quantitative estimate of drug-likeness (QED) is 0.310. The fourth-order valence-corrected chi connectivity index (χ4v) is 4.12. The Kier molecular flexibility index (Phi) is 6.01. The Morgan fingerprint density at radius 1 is 1.03 bits per heavy atom. The molecule has 3 aromatic carbocycles. The Balaban J connectivity index is 1.94. The van der Waals surface area contributed by atoms with Crippen molar-refractivity contribution in [1.82, 2.24) is 0 Å². The van der Waals surface area contributed by atoms with Gasteiger partial charge in [0.25, 0.3) is 11.7 Å². The van der Waals surface area contributed by atoms with E-state index in [1.165, 1.54) is 4.90 Å². The van der Waals surface area contributed by atoms with Gasteiger partial charge in [-0.1, -0.05) is 59.6 Å². The van der Waals surface area contributed by atoms with Gasteiger partial charge in [-0.05, 0) is 49.7 Å². The number of hydrogen-bond donors (Lipinski definition) is 1. The summed E-state index contributed by atoms with van der Waals surface area (Å²) in [6.07, 6.45) is 0. The molecule has 162 valence electrons. The van der Waals surface area contributed by atoms with Crippen LogP contribution in [-0.4, -0.2) is 23.4 Å². The highest BCUT2D eigenvalue weighted by atomic mass is 35.5. The van der Waals surface area contributed by atoms with E-state index in [0.29, 0.717) is 34.2 Å². The smallest absolute Gasteiger partial charge is 0.300 e. The molecule has 0 aromatic heterocycles. The van der Waals surface area contributed by atoms with Crippen molar-refractivity contribution >= 4 is 34.7 Å². The van der Waals surface area contributed by atoms with Gasteiger partial charge in [-0.2, -0.15) is 0 Å². The van der Waals surface area contributed by atoms with Gasteiger partial charge in [0.15, 0.2) is 0 Å². The predicted molar refractivity (Wildman–Crippen MR) is 125 cm³/mol. The van der Waals surface area contributed by atoms with Crippen LogP contribution < -0.4 is 9.64 Å². The number of nitrogens with zero attached hydrogens (tertiary/aromatic N) is 1. The molecule has 0 spiro atoms. The number of halogens is 1. The fraction of sp³-hybridized carbons (Fsp3) is 0.154. The van der Waals surface area contributed by atoms with Crippen LogP contribution in [0.5, 0.6) is 5.75 Å². The van der Waals surface area contributed by atoms with Crippen LogP contribution in [0.1, 0.15) is 29.7 Å². The zero-order valence-corrected chi connectivity index (χ0v) is 18.5. The maximum atomic E-state index is 13.2. The second-order valence-electron chi connectivity index (χ2n) is 7.52. The third-order valence-electron chi connectivity index (χ3n) is 5.31. The van der Waals surface area contributed by atoms with Crippen LogP contribution in [-0.2, 0) is 9.59 Å². The van der Waals surface area contributed by atoms with Crippen LogP contribution in [0.15, 0.2) is 78.4 Å². The monoisotopic (exact) mass is 447 g/mol. The minimum absolute atomic E-state index is 0.0224. The molecule has 1 aliphatic rings. The number of carbonyl (C=O) groups is 2. The molecule has 1 unspecified atom stereocenters. The number of aryl methyl sites for hydroxylation is 1. The van der Waals surface area contributed by atoms with Crippen LogP contribution in [0, 0.1) is 6.92 Å². The highest BCUT2D eigenvalue weighted by Crippen LogP contribution is 2.43.